The fraction of sp³-hybridized carbons (Fsp3) is 0.417. The van der Waals surface area contributed by atoms with Gasteiger partial charge in [-0.05, 0) is 49.9 Å². The van der Waals surface area contributed by atoms with Crippen LogP contribution in [-0.2, 0) is 12.8 Å². The molecule has 0 saturated heterocycles. The van der Waals surface area contributed by atoms with E-state index in [-0.39, 0.29) is 12.6 Å². The first-order valence-corrected chi connectivity index (χ1v) is 11.1. The van der Waals surface area contributed by atoms with Gasteiger partial charge < -0.3 is 25.0 Å². The van der Waals surface area contributed by atoms with Gasteiger partial charge in [-0.15, -0.1) is 0 Å². The molecule has 0 saturated carbocycles. The molecule has 172 valence electrons. The predicted molar refractivity (Wildman–Crippen MR) is 123 cm³/mol. The van der Waals surface area contributed by atoms with Crippen molar-refractivity contribution in [1.82, 2.24) is 20.0 Å². The number of hydrogen-bond acceptors (Lipinski definition) is 9. The van der Waals surface area contributed by atoms with E-state index in [1.165, 1.54) is 11.1 Å². The Morgan fingerprint density at radius 1 is 1.18 bits per heavy atom. The van der Waals surface area contributed by atoms with E-state index in [4.69, 9.17) is 9.63 Å². The van der Waals surface area contributed by atoms with Crippen molar-refractivity contribution in [2.24, 2.45) is 0 Å². The lowest BCUT2D eigenvalue weighted by molar-refractivity contribution is 0.0605. The quantitative estimate of drug-likeness (QED) is 0.498. The van der Waals surface area contributed by atoms with Gasteiger partial charge in [0.1, 0.15) is 11.9 Å². The van der Waals surface area contributed by atoms with Crippen LogP contribution in [0.2, 0.25) is 0 Å². The van der Waals surface area contributed by atoms with Crippen LogP contribution in [0.25, 0.3) is 22.8 Å². The molecule has 3 aromatic rings. The molecule has 0 bridgehead atoms. The number of β-amino-alcohol motifs (C(OH)–C–C–N with tert-alkyl or cyclic N) is 1. The number of nitrogens with zero attached hydrogens (tertiary/aromatic N) is 5. The number of aromatic nitrogens is 3. The lowest BCUT2D eigenvalue weighted by Gasteiger charge is -2.21. The second-order valence-electron chi connectivity index (χ2n) is 8.57. The first-order valence-electron chi connectivity index (χ1n) is 11.1. The van der Waals surface area contributed by atoms with Crippen molar-refractivity contribution < 1.29 is 14.7 Å². The van der Waals surface area contributed by atoms with Gasteiger partial charge in [0.2, 0.25) is 5.82 Å². The summed E-state index contributed by atoms with van der Waals surface area (Å²) in [5.41, 5.74) is 4.35. The van der Waals surface area contributed by atoms with Crippen LogP contribution in [0.1, 0.15) is 30.5 Å². The van der Waals surface area contributed by atoms with Gasteiger partial charge in [0.25, 0.3) is 5.89 Å². The molecular formula is C24H28N6O3. The molecule has 0 aliphatic carbocycles. The topological polar surface area (TPSA) is 131 Å². The van der Waals surface area contributed by atoms with Crippen molar-refractivity contribution in [3.05, 3.63) is 47.2 Å². The maximum absolute atomic E-state index is 9.75. The summed E-state index contributed by atoms with van der Waals surface area (Å²) in [6.07, 6.45) is 2.62. The summed E-state index contributed by atoms with van der Waals surface area (Å²) in [5.74, 6) is 1.32. The smallest absolute Gasteiger partial charge is 0.259 e. The molecule has 33 heavy (non-hydrogen) atoms. The molecule has 1 aromatic carbocycles. The molecule has 1 unspecified atom stereocenters. The third-order valence-electron chi connectivity index (χ3n) is 5.65. The summed E-state index contributed by atoms with van der Waals surface area (Å²) in [6, 6.07) is 10.2. The Morgan fingerprint density at radius 3 is 2.70 bits per heavy atom. The molecule has 4 rings (SSSR count). The predicted octanol–water partition coefficient (Wildman–Crippen LogP) is 2.24. The third-order valence-corrected chi connectivity index (χ3v) is 5.65. The largest absolute Gasteiger partial charge is 0.394 e. The van der Waals surface area contributed by atoms with E-state index in [9.17, 15) is 10.4 Å². The molecule has 9 nitrogen and oxygen atoms in total. The summed E-state index contributed by atoms with van der Waals surface area (Å²) in [5, 5.41) is 35.6. The molecule has 0 spiro atoms. The molecule has 2 aromatic heterocycles. The minimum Gasteiger partial charge on any atom is -0.394 e. The molecule has 0 amide bonds. The molecule has 3 N–H and O–H groups in total. The number of rotatable bonds is 7. The van der Waals surface area contributed by atoms with Crippen molar-refractivity contribution >= 4 is 5.82 Å². The minimum atomic E-state index is -0.717. The molecule has 1 aliphatic heterocycles. The van der Waals surface area contributed by atoms with Crippen LogP contribution in [0.15, 0.2) is 35.0 Å². The van der Waals surface area contributed by atoms with Crippen LogP contribution >= 0.6 is 0 Å². The van der Waals surface area contributed by atoms with Crippen molar-refractivity contribution in [3.8, 4) is 28.9 Å². The SMILES string of the molecule is CC(C)Nc1ncc(-c2nc(-c3ccc4c(c3)CCN(CC(O)CO)CC4)no2)cc1C#N. The van der Waals surface area contributed by atoms with Crippen LogP contribution in [0.4, 0.5) is 5.82 Å². The average Bonchev–Trinajstić information content (AvgIpc) is 3.22. The zero-order chi connectivity index (χ0) is 23.4. The summed E-state index contributed by atoms with van der Waals surface area (Å²) in [7, 11) is 0. The molecular weight excluding hydrogens is 420 g/mol. The summed E-state index contributed by atoms with van der Waals surface area (Å²) in [4.78, 5) is 11.1. The Bertz CT molecular complexity index is 1150. The van der Waals surface area contributed by atoms with E-state index in [2.05, 4.69) is 43.5 Å². The van der Waals surface area contributed by atoms with E-state index >= 15 is 0 Å². The highest BCUT2D eigenvalue weighted by Crippen LogP contribution is 2.27. The molecule has 9 heteroatoms. The van der Waals surface area contributed by atoms with E-state index in [1.807, 2.05) is 19.9 Å². The van der Waals surface area contributed by atoms with E-state index < -0.39 is 6.10 Å². The Labute approximate surface area is 192 Å². The van der Waals surface area contributed by atoms with Gasteiger partial charge in [-0.3, -0.25) is 0 Å². The second kappa shape index (κ2) is 10.1. The number of fused-ring (bicyclic) bond motifs is 1. The van der Waals surface area contributed by atoms with Crippen LogP contribution in [0.3, 0.4) is 0 Å². The maximum atomic E-state index is 9.75. The van der Waals surface area contributed by atoms with Gasteiger partial charge in [0, 0.05) is 37.4 Å². The monoisotopic (exact) mass is 448 g/mol. The summed E-state index contributed by atoms with van der Waals surface area (Å²) >= 11 is 0. The summed E-state index contributed by atoms with van der Waals surface area (Å²) < 4.78 is 5.48. The maximum Gasteiger partial charge on any atom is 0.259 e. The van der Waals surface area contributed by atoms with Crippen molar-refractivity contribution in [3.63, 3.8) is 0 Å². The van der Waals surface area contributed by atoms with Crippen LogP contribution in [-0.4, -0.2) is 68.6 Å². The van der Waals surface area contributed by atoms with Gasteiger partial charge in [0.05, 0.1) is 23.8 Å². The van der Waals surface area contributed by atoms with Crippen molar-refractivity contribution in [1.29, 1.82) is 5.26 Å². The van der Waals surface area contributed by atoms with Gasteiger partial charge in [-0.25, -0.2) is 4.98 Å². The van der Waals surface area contributed by atoms with Crippen LogP contribution in [0.5, 0.6) is 0 Å². The number of aliphatic hydroxyl groups is 2. The van der Waals surface area contributed by atoms with Gasteiger partial charge in [-0.1, -0.05) is 17.3 Å². The lowest BCUT2D eigenvalue weighted by atomic mass is 10.00. The first kappa shape index (κ1) is 22.9. The van der Waals surface area contributed by atoms with Gasteiger partial charge in [-0.2, -0.15) is 10.2 Å². The Kier molecular flexibility index (Phi) is 6.99. The highest BCUT2D eigenvalue weighted by molar-refractivity contribution is 5.65. The molecule has 1 aliphatic rings. The highest BCUT2D eigenvalue weighted by atomic mass is 16.5. The zero-order valence-corrected chi connectivity index (χ0v) is 18.8. The number of nitriles is 1. The van der Waals surface area contributed by atoms with Crippen molar-refractivity contribution in [2.45, 2.75) is 38.8 Å². The fourth-order valence-electron chi connectivity index (χ4n) is 3.96. The lowest BCUT2D eigenvalue weighted by Crippen LogP contribution is -2.35. The van der Waals surface area contributed by atoms with Crippen molar-refractivity contribution in [2.75, 3.05) is 31.6 Å². The number of aliphatic hydroxyl groups excluding tert-OH is 2. The van der Waals surface area contributed by atoms with Crippen LogP contribution in [0, 0.1) is 11.3 Å². The second-order valence-corrected chi connectivity index (χ2v) is 8.57. The van der Waals surface area contributed by atoms with Crippen LogP contribution < -0.4 is 5.32 Å². The van der Waals surface area contributed by atoms with E-state index in [1.54, 1.807) is 12.3 Å². The number of benzene rings is 1. The Balaban J connectivity index is 1.53. The Morgan fingerprint density at radius 2 is 1.97 bits per heavy atom. The molecule has 0 fully saturated rings. The van der Waals surface area contributed by atoms with Gasteiger partial charge >= 0.3 is 0 Å². The molecule has 1 atom stereocenters. The fourth-order valence-corrected chi connectivity index (χ4v) is 3.96. The number of anilines is 1. The highest BCUT2D eigenvalue weighted by Gasteiger charge is 2.19. The zero-order valence-electron chi connectivity index (χ0n) is 18.8. The molecule has 0 radical (unpaired) electrons. The first-order chi connectivity index (χ1) is 16.0. The number of nitrogens with one attached hydrogen (secondary N) is 1. The number of hydrogen-bond donors (Lipinski definition) is 3. The third kappa shape index (κ3) is 5.37. The Hall–Kier alpha value is -3.32. The average molecular weight is 449 g/mol. The standard InChI is InChI=1S/C24H28N6O3/c1-15(2)27-22-19(11-25)10-20(12-26-22)24-28-23(29-33-24)18-4-3-16-5-7-30(13-21(32)14-31)8-6-17(16)9-18/h3-4,9-10,12,15,21,31-32H,5-8,13-14H2,1-2H3,(H,26,27). The summed E-state index contributed by atoms with van der Waals surface area (Å²) in [6.45, 7) is 5.86. The number of pyridine rings is 1. The van der Waals surface area contributed by atoms with E-state index in [0.29, 0.717) is 35.2 Å². The van der Waals surface area contributed by atoms with E-state index in [0.717, 1.165) is 31.5 Å². The minimum absolute atomic E-state index is 0.158. The normalized spacial score (nSPS) is 15.0. The van der Waals surface area contributed by atoms with Gasteiger partial charge in [0.15, 0.2) is 0 Å². The molecule has 3 heterocycles.